The third-order valence-electron chi connectivity index (χ3n) is 6.10. The van der Waals surface area contributed by atoms with E-state index in [1.807, 2.05) is 55.3 Å². The second-order valence-corrected chi connectivity index (χ2v) is 8.59. The minimum atomic E-state index is -0.392. The Bertz CT molecular complexity index is 881. The summed E-state index contributed by atoms with van der Waals surface area (Å²) in [5, 5.41) is 0. The van der Waals surface area contributed by atoms with Crippen molar-refractivity contribution in [3.63, 3.8) is 0 Å². The highest BCUT2D eigenvalue weighted by Crippen LogP contribution is 2.25. The van der Waals surface area contributed by atoms with Gasteiger partial charge < -0.3 is 19.3 Å². The summed E-state index contributed by atoms with van der Waals surface area (Å²) in [7, 11) is 1.88. The third kappa shape index (κ3) is 7.60. The van der Waals surface area contributed by atoms with Crippen LogP contribution in [0.25, 0.3) is 0 Å². The molecule has 0 bridgehead atoms. The molecular weight excluding hydrogens is 416 g/mol. The van der Waals surface area contributed by atoms with Crippen LogP contribution in [0.4, 0.5) is 0 Å². The van der Waals surface area contributed by atoms with Crippen LogP contribution in [0.15, 0.2) is 54.6 Å². The van der Waals surface area contributed by atoms with Crippen LogP contribution in [-0.4, -0.2) is 61.6 Å². The van der Waals surface area contributed by atoms with Crippen molar-refractivity contribution >= 4 is 11.9 Å². The molecule has 0 saturated carbocycles. The van der Waals surface area contributed by atoms with E-state index >= 15 is 0 Å². The van der Waals surface area contributed by atoms with Gasteiger partial charge in [0.05, 0.1) is 19.1 Å². The molecular formula is C27H36N2O4. The monoisotopic (exact) mass is 452 g/mol. The first-order valence-corrected chi connectivity index (χ1v) is 12.0. The standard InChI is InChI=1S/C27H36N2O4/c1-3-4-18-32-27(31)21-33-25-15-9-8-14-23(25)19-26(30)28(2)24(20-29-16-10-11-17-29)22-12-6-5-7-13-22/h5-9,12-15,24H,3-4,10-11,16-21H2,1-2H3/t24-/m1/s1. The summed E-state index contributed by atoms with van der Waals surface area (Å²) in [6.07, 6.45) is 4.44. The number of unbranched alkanes of at least 4 members (excludes halogenated alkanes) is 1. The molecule has 33 heavy (non-hydrogen) atoms. The summed E-state index contributed by atoms with van der Waals surface area (Å²) < 4.78 is 10.9. The van der Waals surface area contributed by atoms with Crippen LogP contribution in [-0.2, 0) is 20.7 Å². The minimum Gasteiger partial charge on any atom is -0.482 e. The van der Waals surface area contributed by atoms with Gasteiger partial charge in [0.2, 0.25) is 5.91 Å². The smallest absolute Gasteiger partial charge is 0.344 e. The number of benzene rings is 2. The van der Waals surface area contributed by atoms with E-state index in [-0.39, 0.29) is 25.0 Å². The van der Waals surface area contributed by atoms with Crippen molar-refractivity contribution in [1.29, 1.82) is 0 Å². The molecule has 0 spiro atoms. The van der Waals surface area contributed by atoms with Gasteiger partial charge in [-0.15, -0.1) is 0 Å². The van der Waals surface area contributed by atoms with Gasteiger partial charge in [-0.25, -0.2) is 4.79 Å². The molecule has 3 rings (SSSR count). The van der Waals surface area contributed by atoms with E-state index in [0.29, 0.717) is 12.4 Å². The minimum absolute atomic E-state index is 0.0153. The average molecular weight is 453 g/mol. The number of likely N-dealkylation sites (tertiary alicyclic amines) is 1. The fourth-order valence-electron chi connectivity index (χ4n) is 4.10. The summed E-state index contributed by atoms with van der Waals surface area (Å²) in [4.78, 5) is 29.5. The van der Waals surface area contributed by atoms with Gasteiger partial charge in [-0.1, -0.05) is 61.9 Å². The molecule has 1 aliphatic heterocycles. The molecule has 0 N–H and O–H groups in total. The second kappa shape index (κ2) is 13.0. The van der Waals surface area contributed by atoms with E-state index in [9.17, 15) is 9.59 Å². The predicted molar refractivity (Wildman–Crippen MR) is 129 cm³/mol. The van der Waals surface area contributed by atoms with Gasteiger partial charge in [0.1, 0.15) is 5.75 Å². The lowest BCUT2D eigenvalue weighted by Crippen LogP contribution is -2.39. The molecule has 6 nitrogen and oxygen atoms in total. The van der Waals surface area contributed by atoms with E-state index in [2.05, 4.69) is 17.0 Å². The van der Waals surface area contributed by atoms with Gasteiger partial charge in [-0.2, -0.15) is 0 Å². The van der Waals surface area contributed by atoms with E-state index in [1.165, 1.54) is 12.8 Å². The van der Waals surface area contributed by atoms with Gasteiger partial charge in [0, 0.05) is 19.2 Å². The summed E-state index contributed by atoms with van der Waals surface area (Å²) >= 11 is 0. The zero-order valence-corrected chi connectivity index (χ0v) is 19.9. The first kappa shape index (κ1) is 24.8. The topological polar surface area (TPSA) is 59.1 Å². The Kier molecular flexibility index (Phi) is 9.76. The van der Waals surface area contributed by atoms with Crippen LogP contribution in [0.1, 0.15) is 49.8 Å². The Morgan fingerprint density at radius 2 is 1.73 bits per heavy atom. The normalized spacial score (nSPS) is 14.6. The highest BCUT2D eigenvalue weighted by atomic mass is 16.6. The molecule has 0 aromatic heterocycles. The van der Waals surface area contributed by atoms with Crippen molar-refractivity contribution in [3.05, 3.63) is 65.7 Å². The summed E-state index contributed by atoms with van der Waals surface area (Å²) in [5.41, 5.74) is 1.91. The molecule has 1 fully saturated rings. The molecule has 1 atom stereocenters. The number of carbonyl (C=O) groups is 2. The number of likely N-dealkylation sites (N-methyl/N-ethyl adjacent to an activating group) is 1. The third-order valence-corrected chi connectivity index (χ3v) is 6.10. The summed E-state index contributed by atoms with van der Waals surface area (Å²) in [6.45, 7) is 5.27. The fourth-order valence-corrected chi connectivity index (χ4v) is 4.10. The van der Waals surface area contributed by atoms with Crippen LogP contribution < -0.4 is 4.74 Å². The lowest BCUT2D eigenvalue weighted by molar-refractivity contribution is -0.146. The van der Waals surface area contributed by atoms with Crippen molar-refractivity contribution in [1.82, 2.24) is 9.80 Å². The average Bonchev–Trinajstić information content (AvgIpc) is 3.35. The molecule has 2 aromatic carbocycles. The van der Waals surface area contributed by atoms with E-state index < -0.39 is 5.97 Å². The van der Waals surface area contributed by atoms with Crippen LogP contribution in [0, 0.1) is 0 Å². The maximum atomic E-state index is 13.3. The Morgan fingerprint density at radius 1 is 1.03 bits per heavy atom. The van der Waals surface area contributed by atoms with E-state index in [0.717, 1.165) is 43.6 Å². The molecule has 6 heteroatoms. The van der Waals surface area contributed by atoms with Crippen molar-refractivity contribution in [2.24, 2.45) is 0 Å². The van der Waals surface area contributed by atoms with Crippen molar-refractivity contribution in [2.45, 2.75) is 45.1 Å². The molecule has 1 saturated heterocycles. The van der Waals surface area contributed by atoms with Crippen LogP contribution in [0.3, 0.4) is 0 Å². The largest absolute Gasteiger partial charge is 0.482 e. The fraction of sp³-hybridized carbons (Fsp3) is 0.481. The quantitative estimate of drug-likeness (QED) is 0.356. The number of ether oxygens (including phenoxy) is 2. The number of rotatable bonds is 12. The molecule has 0 aliphatic carbocycles. The summed E-state index contributed by atoms with van der Waals surface area (Å²) in [6, 6.07) is 17.6. The van der Waals surface area contributed by atoms with Gasteiger partial charge in [0.15, 0.2) is 6.61 Å². The number of nitrogens with zero attached hydrogens (tertiary/aromatic N) is 2. The van der Waals surface area contributed by atoms with Gasteiger partial charge in [0.25, 0.3) is 0 Å². The lowest BCUT2D eigenvalue weighted by Gasteiger charge is -2.32. The Labute approximate surface area is 197 Å². The Morgan fingerprint density at radius 3 is 2.45 bits per heavy atom. The zero-order valence-electron chi connectivity index (χ0n) is 19.9. The van der Waals surface area contributed by atoms with Crippen molar-refractivity contribution in [2.75, 3.05) is 39.9 Å². The molecule has 178 valence electrons. The van der Waals surface area contributed by atoms with Crippen molar-refractivity contribution in [3.8, 4) is 5.75 Å². The second-order valence-electron chi connectivity index (χ2n) is 8.59. The number of amides is 1. The first-order chi connectivity index (χ1) is 16.1. The van der Waals surface area contributed by atoms with Crippen molar-refractivity contribution < 1.29 is 19.1 Å². The number of esters is 1. The molecule has 1 aliphatic rings. The molecule has 1 heterocycles. The molecule has 0 unspecified atom stereocenters. The van der Waals surface area contributed by atoms with Gasteiger partial charge in [-0.05, 0) is 44.0 Å². The maximum Gasteiger partial charge on any atom is 0.344 e. The zero-order chi connectivity index (χ0) is 23.5. The molecule has 2 aromatic rings. The van der Waals surface area contributed by atoms with Crippen LogP contribution >= 0.6 is 0 Å². The number of carbonyl (C=O) groups excluding carboxylic acids is 2. The molecule has 1 amide bonds. The van der Waals surface area contributed by atoms with Crippen LogP contribution in [0.5, 0.6) is 5.75 Å². The molecule has 0 radical (unpaired) electrons. The Hall–Kier alpha value is -2.86. The predicted octanol–water partition coefficient (Wildman–Crippen LogP) is 4.25. The Balaban J connectivity index is 1.65. The SMILES string of the molecule is CCCCOC(=O)COc1ccccc1CC(=O)N(C)[C@H](CN1CCCC1)c1ccccc1. The highest BCUT2D eigenvalue weighted by molar-refractivity contribution is 5.80. The lowest BCUT2D eigenvalue weighted by atomic mass is 10.0. The number of hydrogen-bond acceptors (Lipinski definition) is 5. The number of para-hydroxylation sites is 1. The maximum absolute atomic E-state index is 13.3. The number of hydrogen-bond donors (Lipinski definition) is 0. The van der Waals surface area contributed by atoms with Crippen LogP contribution in [0.2, 0.25) is 0 Å². The highest BCUT2D eigenvalue weighted by Gasteiger charge is 2.26. The van der Waals surface area contributed by atoms with Gasteiger partial charge >= 0.3 is 5.97 Å². The first-order valence-electron chi connectivity index (χ1n) is 12.0. The van der Waals surface area contributed by atoms with E-state index in [1.54, 1.807) is 6.07 Å². The van der Waals surface area contributed by atoms with E-state index in [4.69, 9.17) is 9.47 Å². The van der Waals surface area contributed by atoms with Gasteiger partial charge in [-0.3, -0.25) is 4.79 Å². The summed E-state index contributed by atoms with van der Waals surface area (Å²) in [5.74, 6) is 0.170.